The lowest BCUT2D eigenvalue weighted by Crippen LogP contribution is -2.11. The Hall–Kier alpha value is -2.73. The first-order chi connectivity index (χ1) is 12.0. The third-order valence-electron chi connectivity index (χ3n) is 3.52. The molecule has 0 saturated carbocycles. The van der Waals surface area contributed by atoms with Crippen molar-refractivity contribution in [2.45, 2.75) is 13.5 Å². The van der Waals surface area contributed by atoms with Gasteiger partial charge in [0.15, 0.2) is 0 Å². The van der Waals surface area contributed by atoms with Crippen LogP contribution in [0.5, 0.6) is 5.75 Å². The summed E-state index contributed by atoms with van der Waals surface area (Å²) in [5.74, 6) is -0.545. The molecule has 1 heterocycles. The summed E-state index contributed by atoms with van der Waals surface area (Å²) in [5, 5.41) is 4.57. The summed E-state index contributed by atoms with van der Waals surface area (Å²) in [5.41, 5.74) is 2.03. The molecule has 0 unspecified atom stereocenters. The largest absolute Gasteiger partial charge is 0.489 e. The molecule has 25 heavy (non-hydrogen) atoms. The average molecular weight is 359 g/mol. The summed E-state index contributed by atoms with van der Waals surface area (Å²) in [4.78, 5) is 12.8. The van der Waals surface area contributed by atoms with Gasteiger partial charge in [-0.3, -0.25) is 4.79 Å². The van der Waals surface area contributed by atoms with Gasteiger partial charge in [0.05, 0.1) is 4.88 Å². The van der Waals surface area contributed by atoms with Gasteiger partial charge in [-0.2, -0.15) is 0 Å². The lowest BCUT2D eigenvalue weighted by Gasteiger charge is -2.07. The minimum Gasteiger partial charge on any atom is -0.489 e. The molecule has 3 aromatic rings. The van der Waals surface area contributed by atoms with E-state index in [-0.39, 0.29) is 24.1 Å². The molecule has 3 nitrogen and oxygen atoms in total. The zero-order valence-electron chi connectivity index (χ0n) is 13.4. The predicted octanol–water partition coefficient (Wildman–Crippen LogP) is 5.17. The highest BCUT2D eigenvalue weighted by molar-refractivity contribution is 7.12. The van der Waals surface area contributed by atoms with E-state index in [1.54, 1.807) is 25.1 Å². The van der Waals surface area contributed by atoms with Crippen molar-refractivity contribution in [2.75, 3.05) is 5.32 Å². The molecule has 2 aromatic carbocycles. The molecular weight excluding hydrogens is 344 g/mol. The summed E-state index contributed by atoms with van der Waals surface area (Å²) in [7, 11) is 0. The lowest BCUT2D eigenvalue weighted by molar-refractivity contribution is 0.103. The molecule has 0 atom stereocenters. The number of benzene rings is 2. The van der Waals surface area contributed by atoms with E-state index in [1.165, 1.54) is 41.7 Å². The summed E-state index contributed by atoms with van der Waals surface area (Å²) in [6, 6.07) is 11.8. The lowest BCUT2D eigenvalue weighted by atomic mass is 10.2. The van der Waals surface area contributed by atoms with E-state index in [0.717, 1.165) is 5.56 Å². The minimum atomic E-state index is -0.363. The molecule has 0 aliphatic heterocycles. The van der Waals surface area contributed by atoms with Gasteiger partial charge in [-0.1, -0.05) is 6.07 Å². The van der Waals surface area contributed by atoms with Gasteiger partial charge in [0, 0.05) is 17.3 Å². The summed E-state index contributed by atoms with van der Waals surface area (Å²) in [6.45, 7) is 1.97. The van der Waals surface area contributed by atoms with Crippen LogP contribution in [-0.4, -0.2) is 5.91 Å². The van der Waals surface area contributed by atoms with Crippen LogP contribution in [0.4, 0.5) is 14.5 Å². The molecule has 1 aromatic heterocycles. The molecule has 128 valence electrons. The first-order valence-corrected chi connectivity index (χ1v) is 8.42. The zero-order valence-corrected chi connectivity index (χ0v) is 14.2. The van der Waals surface area contributed by atoms with E-state index >= 15 is 0 Å². The highest BCUT2D eigenvalue weighted by atomic mass is 32.1. The highest BCUT2D eigenvalue weighted by Crippen LogP contribution is 2.21. The Kier molecular flexibility index (Phi) is 5.09. The molecule has 0 aliphatic rings. The number of carbonyl (C=O) groups is 1. The number of amides is 1. The summed E-state index contributed by atoms with van der Waals surface area (Å²) in [6.07, 6.45) is 0. The third kappa shape index (κ3) is 4.42. The fourth-order valence-electron chi connectivity index (χ4n) is 2.25. The number of ether oxygens (including phenoxy) is 1. The maximum absolute atomic E-state index is 13.1. The summed E-state index contributed by atoms with van der Waals surface area (Å²) >= 11 is 1.28. The Labute approximate surface area is 147 Å². The van der Waals surface area contributed by atoms with Gasteiger partial charge in [0.25, 0.3) is 5.91 Å². The first-order valence-electron chi connectivity index (χ1n) is 7.54. The van der Waals surface area contributed by atoms with Gasteiger partial charge in [0.2, 0.25) is 0 Å². The second-order valence-corrected chi connectivity index (χ2v) is 6.39. The van der Waals surface area contributed by atoms with E-state index in [0.29, 0.717) is 21.9 Å². The number of rotatable bonds is 5. The van der Waals surface area contributed by atoms with Gasteiger partial charge in [0.1, 0.15) is 24.0 Å². The van der Waals surface area contributed by atoms with Gasteiger partial charge < -0.3 is 10.1 Å². The van der Waals surface area contributed by atoms with Crippen molar-refractivity contribution >= 4 is 22.9 Å². The smallest absolute Gasteiger partial charge is 0.265 e. The van der Waals surface area contributed by atoms with Crippen molar-refractivity contribution in [3.05, 3.63) is 81.5 Å². The Morgan fingerprint density at radius 1 is 1.12 bits per heavy atom. The molecule has 0 aliphatic carbocycles. The molecule has 3 rings (SSSR count). The zero-order chi connectivity index (χ0) is 17.8. The van der Waals surface area contributed by atoms with Crippen molar-refractivity contribution < 1.29 is 18.3 Å². The molecule has 0 radical (unpaired) electrons. The first kappa shape index (κ1) is 17.1. The van der Waals surface area contributed by atoms with Crippen LogP contribution in [0, 0.1) is 18.6 Å². The molecule has 1 N–H and O–H groups in total. The van der Waals surface area contributed by atoms with Crippen LogP contribution in [-0.2, 0) is 6.61 Å². The number of halogens is 2. The molecule has 0 fully saturated rings. The number of hydrogen-bond acceptors (Lipinski definition) is 3. The van der Waals surface area contributed by atoms with Crippen molar-refractivity contribution in [1.29, 1.82) is 0 Å². The highest BCUT2D eigenvalue weighted by Gasteiger charge is 2.11. The van der Waals surface area contributed by atoms with E-state index in [1.807, 2.05) is 5.38 Å². The van der Waals surface area contributed by atoms with Crippen LogP contribution in [0.15, 0.2) is 53.9 Å². The third-order valence-corrected chi connectivity index (χ3v) is 4.49. The Balaban J connectivity index is 1.63. The quantitative estimate of drug-likeness (QED) is 0.683. The van der Waals surface area contributed by atoms with Crippen LogP contribution < -0.4 is 10.1 Å². The Bertz CT molecular complexity index is 908. The van der Waals surface area contributed by atoms with E-state index in [2.05, 4.69) is 5.32 Å². The van der Waals surface area contributed by atoms with Crippen molar-refractivity contribution in [3.63, 3.8) is 0 Å². The van der Waals surface area contributed by atoms with Crippen molar-refractivity contribution in [1.82, 2.24) is 0 Å². The maximum atomic E-state index is 13.1. The van der Waals surface area contributed by atoms with Crippen LogP contribution >= 0.6 is 11.3 Å². The standard InChI is InChI=1S/C19H15F2NO2S/c1-12-7-15(21)5-6-17(12)22-19(23)18-8-13(11-25-18)10-24-16-4-2-3-14(20)9-16/h2-9,11H,10H2,1H3,(H,22,23). The second kappa shape index (κ2) is 7.44. The van der Waals surface area contributed by atoms with Gasteiger partial charge in [-0.15, -0.1) is 11.3 Å². The van der Waals surface area contributed by atoms with Gasteiger partial charge in [-0.25, -0.2) is 8.78 Å². The van der Waals surface area contributed by atoms with Crippen LogP contribution in [0.3, 0.4) is 0 Å². The van der Waals surface area contributed by atoms with E-state index < -0.39 is 0 Å². The molecule has 0 saturated heterocycles. The molecule has 0 spiro atoms. The van der Waals surface area contributed by atoms with E-state index in [4.69, 9.17) is 4.74 Å². The fraction of sp³-hybridized carbons (Fsp3) is 0.105. The monoisotopic (exact) mass is 359 g/mol. The number of carbonyl (C=O) groups excluding carboxylic acids is 1. The normalized spacial score (nSPS) is 10.5. The minimum absolute atomic E-state index is 0.239. The fourth-order valence-corrected chi connectivity index (χ4v) is 3.04. The molecule has 6 heteroatoms. The van der Waals surface area contributed by atoms with Crippen LogP contribution in [0.1, 0.15) is 20.8 Å². The van der Waals surface area contributed by atoms with Crippen molar-refractivity contribution in [3.8, 4) is 5.75 Å². The SMILES string of the molecule is Cc1cc(F)ccc1NC(=O)c1cc(COc2cccc(F)c2)cs1. The number of thiophene rings is 1. The van der Waals surface area contributed by atoms with Gasteiger partial charge in [-0.05, 0) is 54.3 Å². The molecular formula is C19H15F2NO2S. The number of anilines is 1. The predicted molar refractivity (Wildman–Crippen MR) is 94.1 cm³/mol. The van der Waals surface area contributed by atoms with Crippen molar-refractivity contribution in [2.24, 2.45) is 0 Å². The second-order valence-electron chi connectivity index (χ2n) is 5.48. The summed E-state index contributed by atoms with van der Waals surface area (Å²) < 4.78 is 31.7. The molecule has 0 bridgehead atoms. The Morgan fingerprint density at radius 2 is 1.92 bits per heavy atom. The number of aryl methyl sites for hydroxylation is 1. The topological polar surface area (TPSA) is 38.3 Å². The number of hydrogen-bond donors (Lipinski definition) is 1. The van der Waals surface area contributed by atoms with Crippen LogP contribution in [0.2, 0.25) is 0 Å². The number of nitrogens with one attached hydrogen (secondary N) is 1. The van der Waals surface area contributed by atoms with Gasteiger partial charge >= 0.3 is 0 Å². The Morgan fingerprint density at radius 3 is 2.68 bits per heavy atom. The maximum Gasteiger partial charge on any atom is 0.265 e. The van der Waals surface area contributed by atoms with E-state index in [9.17, 15) is 13.6 Å². The average Bonchev–Trinajstić information content (AvgIpc) is 3.05. The van der Waals surface area contributed by atoms with Crippen LogP contribution in [0.25, 0.3) is 0 Å². The molecule has 1 amide bonds.